The average Bonchev–Trinajstić information content (AvgIpc) is 2.80. The van der Waals surface area contributed by atoms with Crippen LogP contribution in [0.3, 0.4) is 0 Å². The van der Waals surface area contributed by atoms with Crippen LogP contribution in [0.25, 0.3) is 33.2 Å². The van der Waals surface area contributed by atoms with E-state index in [2.05, 4.69) is 114 Å². The zero-order valence-electron chi connectivity index (χ0n) is 19.4. The van der Waals surface area contributed by atoms with Crippen LogP contribution in [0.2, 0.25) is 0 Å². The molecule has 0 N–H and O–H groups in total. The van der Waals surface area contributed by atoms with Crippen LogP contribution in [-0.2, 0) is 6.42 Å². The third-order valence-corrected chi connectivity index (χ3v) is 6.44. The standard InChI is InChI=1S/C31H32/c1-6-11-27-29-17-15-24-20-21(4)14-16-25(24)28(29)18-19-30(27)31(22(5)7-2)26-13-10-9-12-23(26)8-3/h6,9-20H,7-8H2,1-5H3/b11-6-,31-22-. The van der Waals surface area contributed by atoms with Gasteiger partial charge in [-0.15, -0.1) is 0 Å². The Hall–Kier alpha value is -3.12. The predicted octanol–water partition coefficient (Wildman–Crippen LogP) is 9.13. The number of rotatable bonds is 5. The zero-order chi connectivity index (χ0) is 22.0. The van der Waals surface area contributed by atoms with Gasteiger partial charge >= 0.3 is 0 Å². The number of benzene rings is 4. The van der Waals surface area contributed by atoms with E-state index in [9.17, 15) is 0 Å². The number of allylic oxidation sites excluding steroid dienone is 2. The van der Waals surface area contributed by atoms with Gasteiger partial charge in [0.2, 0.25) is 0 Å². The first kappa shape index (κ1) is 21.1. The van der Waals surface area contributed by atoms with Crippen LogP contribution in [0, 0.1) is 6.92 Å². The van der Waals surface area contributed by atoms with Gasteiger partial charge < -0.3 is 0 Å². The minimum absolute atomic E-state index is 1.03. The lowest BCUT2D eigenvalue weighted by Crippen LogP contribution is -2.00. The number of hydrogen-bond donors (Lipinski definition) is 0. The second-order valence-electron chi connectivity index (χ2n) is 8.43. The highest BCUT2D eigenvalue weighted by Crippen LogP contribution is 2.38. The second kappa shape index (κ2) is 8.94. The second-order valence-corrected chi connectivity index (χ2v) is 8.43. The lowest BCUT2D eigenvalue weighted by molar-refractivity contribution is 1.09. The molecule has 0 spiro atoms. The van der Waals surface area contributed by atoms with Crippen LogP contribution in [0.15, 0.2) is 78.4 Å². The smallest absolute Gasteiger partial charge is 0.00989 e. The molecule has 0 heteroatoms. The van der Waals surface area contributed by atoms with Crippen molar-refractivity contribution >= 4 is 33.2 Å². The van der Waals surface area contributed by atoms with Crippen LogP contribution in [0.5, 0.6) is 0 Å². The highest BCUT2D eigenvalue weighted by Gasteiger charge is 2.17. The van der Waals surface area contributed by atoms with Gasteiger partial charge in [0.25, 0.3) is 0 Å². The summed E-state index contributed by atoms with van der Waals surface area (Å²) in [6.07, 6.45) is 6.53. The number of fused-ring (bicyclic) bond motifs is 3. The summed E-state index contributed by atoms with van der Waals surface area (Å²) >= 11 is 0. The first-order valence-electron chi connectivity index (χ1n) is 11.5. The molecule has 0 fully saturated rings. The van der Waals surface area contributed by atoms with Gasteiger partial charge in [-0.2, -0.15) is 0 Å². The molecule has 0 unspecified atom stereocenters. The molecule has 0 saturated heterocycles. The van der Waals surface area contributed by atoms with E-state index >= 15 is 0 Å². The Morgan fingerprint density at radius 3 is 2.29 bits per heavy atom. The molecule has 0 bridgehead atoms. The highest BCUT2D eigenvalue weighted by atomic mass is 14.2. The summed E-state index contributed by atoms with van der Waals surface area (Å²) < 4.78 is 0. The maximum Gasteiger partial charge on any atom is -0.00989 e. The maximum atomic E-state index is 2.35. The maximum absolute atomic E-state index is 2.35. The molecule has 0 nitrogen and oxygen atoms in total. The van der Waals surface area contributed by atoms with Crippen LogP contribution in [0.1, 0.15) is 61.9 Å². The molecule has 0 aliphatic heterocycles. The minimum Gasteiger partial charge on any atom is -0.0870 e. The van der Waals surface area contributed by atoms with Crippen molar-refractivity contribution in [1.29, 1.82) is 0 Å². The van der Waals surface area contributed by atoms with Gasteiger partial charge in [-0.05, 0) is 83.0 Å². The molecule has 156 valence electrons. The largest absolute Gasteiger partial charge is 0.0870 e. The van der Waals surface area contributed by atoms with Crippen LogP contribution < -0.4 is 0 Å². The third-order valence-electron chi connectivity index (χ3n) is 6.44. The van der Waals surface area contributed by atoms with Crippen molar-refractivity contribution in [3.63, 3.8) is 0 Å². The Balaban J connectivity index is 2.09. The Kier molecular flexibility index (Phi) is 6.09. The molecule has 0 aromatic heterocycles. The van der Waals surface area contributed by atoms with Crippen molar-refractivity contribution in [2.24, 2.45) is 0 Å². The van der Waals surface area contributed by atoms with Gasteiger partial charge in [-0.3, -0.25) is 0 Å². The number of aryl methyl sites for hydroxylation is 2. The molecule has 0 amide bonds. The SMILES string of the molecule is C/C=C\c1c(/C(=C(/C)CC)c2ccccc2CC)ccc2c1ccc1cc(C)ccc12. The van der Waals surface area contributed by atoms with Gasteiger partial charge in [-0.1, -0.05) is 104 Å². The first-order chi connectivity index (χ1) is 15.1. The van der Waals surface area contributed by atoms with E-state index in [1.54, 1.807) is 0 Å². The van der Waals surface area contributed by atoms with E-state index in [1.165, 1.54) is 60.5 Å². The summed E-state index contributed by atoms with van der Waals surface area (Å²) in [6, 6.07) is 24.9. The van der Waals surface area contributed by atoms with E-state index in [0.717, 1.165) is 12.8 Å². The van der Waals surface area contributed by atoms with Gasteiger partial charge in [-0.25, -0.2) is 0 Å². The fourth-order valence-electron chi connectivity index (χ4n) is 4.71. The average molecular weight is 405 g/mol. The minimum atomic E-state index is 1.03. The van der Waals surface area contributed by atoms with E-state index in [-0.39, 0.29) is 0 Å². The molecule has 4 rings (SSSR count). The van der Waals surface area contributed by atoms with Gasteiger partial charge in [0.15, 0.2) is 0 Å². The highest BCUT2D eigenvalue weighted by molar-refractivity contribution is 6.11. The van der Waals surface area contributed by atoms with Gasteiger partial charge in [0.1, 0.15) is 0 Å². The van der Waals surface area contributed by atoms with E-state index in [0.29, 0.717) is 0 Å². The molecule has 0 saturated carbocycles. The Morgan fingerprint density at radius 1 is 0.806 bits per heavy atom. The summed E-state index contributed by atoms with van der Waals surface area (Å²) in [7, 11) is 0. The van der Waals surface area contributed by atoms with Gasteiger partial charge in [0.05, 0.1) is 0 Å². The Labute approximate surface area is 186 Å². The topological polar surface area (TPSA) is 0 Å². The third kappa shape index (κ3) is 3.83. The van der Waals surface area contributed by atoms with E-state index in [4.69, 9.17) is 0 Å². The molecular formula is C31H32. The molecule has 0 atom stereocenters. The fraction of sp³-hybridized carbons (Fsp3) is 0.226. The van der Waals surface area contributed by atoms with Crippen LogP contribution >= 0.6 is 0 Å². The van der Waals surface area contributed by atoms with Crippen molar-refractivity contribution in [2.45, 2.75) is 47.5 Å². The normalized spacial score (nSPS) is 12.7. The van der Waals surface area contributed by atoms with Crippen LogP contribution in [-0.4, -0.2) is 0 Å². The summed E-state index contributed by atoms with van der Waals surface area (Å²) in [5, 5.41) is 5.28. The van der Waals surface area contributed by atoms with E-state index in [1.807, 2.05) is 0 Å². The molecule has 31 heavy (non-hydrogen) atoms. The Morgan fingerprint density at radius 2 is 1.55 bits per heavy atom. The predicted molar refractivity (Wildman–Crippen MR) is 139 cm³/mol. The molecule has 0 radical (unpaired) electrons. The summed E-state index contributed by atoms with van der Waals surface area (Å²) in [5.74, 6) is 0. The number of hydrogen-bond acceptors (Lipinski definition) is 0. The van der Waals surface area contributed by atoms with Crippen molar-refractivity contribution in [3.8, 4) is 0 Å². The van der Waals surface area contributed by atoms with Crippen LogP contribution in [0.4, 0.5) is 0 Å². The molecule has 4 aromatic rings. The van der Waals surface area contributed by atoms with Crippen molar-refractivity contribution < 1.29 is 0 Å². The zero-order valence-corrected chi connectivity index (χ0v) is 19.4. The first-order valence-corrected chi connectivity index (χ1v) is 11.5. The van der Waals surface area contributed by atoms with E-state index < -0.39 is 0 Å². The lowest BCUT2D eigenvalue weighted by atomic mass is 9.84. The Bertz CT molecular complexity index is 1310. The van der Waals surface area contributed by atoms with Gasteiger partial charge in [0, 0.05) is 0 Å². The molecular weight excluding hydrogens is 372 g/mol. The monoisotopic (exact) mass is 404 g/mol. The molecule has 4 aromatic carbocycles. The lowest BCUT2D eigenvalue weighted by Gasteiger charge is -2.20. The molecule has 0 heterocycles. The summed E-state index contributed by atoms with van der Waals surface area (Å²) in [6.45, 7) is 11.1. The van der Waals surface area contributed by atoms with Crippen molar-refractivity contribution in [1.82, 2.24) is 0 Å². The summed E-state index contributed by atoms with van der Waals surface area (Å²) in [4.78, 5) is 0. The fourth-order valence-corrected chi connectivity index (χ4v) is 4.71. The quantitative estimate of drug-likeness (QED) is 0.291. The summed E-state index contributed by atoms with van der Waals surface area (Å²) in [5.41, 5.74) is 9.55. The van der Waals surface area contributed by atoms with Crippen molar-refractivity contribution in [2.75, 3.05) is 0 Å². The molecule has 0 aliphatic rings. The molecule has 0 aliphatic carbocycles. The van der Waals surface area contributed by atoms with Crippen molar-refractivity contribution in [3.05, 3.63) is 106 Å².